The third-order valence-electron chi connectivity index (χ3n) is 2.75. The maximum Gasteiger partial charge on any atom is 0.126 e. The van der Waals surface area contributed by atoms with Crippen molar-refractivity contribution < 1.29 is 9.50 Å². The molecule has 0 saturated carbocycles. The summed E-state index contributed by atoms with van der Waals surface area (Å²) < 4.78 is 13.4. The van der Waals surface area contributed by atoms with E-state index >= 15 is 0 Å². The van der Waals surface area contributed by atoms with Crippen LogP contribution in [-0.2, 0) is 0 Å². The van der Waals surface area contributed by atoms with Gasteiger partial charge in [-0.3, -0.25) is 0 Å². The summed E-state index contributed by atoms with van der Waals surface area (Å²) in [4.78, 5) is 0. The molecule has 1 aliphatic heterocycles. The Morgan fingerprint density at radius 2 is 2.07 bits per heavy atom. The number of halogens is 2. The first-order valence-corrected chi connectivity index (χ1v) is 4.92. The Labute approximate surface area is 94.9 Å². The SMILES string of the molecule is Cl.OC1CNCCC1c1ccccc1F. The van der Waals surface area contributed by atoms with E-state index in [4.69, 9.17) is 0 Å². The molecule has 15 heavy (non-hydrogen) atoms. The largest absolute Gasteiger partial charge is 0.391 e. The average Bonchev–Trinajstić information content (AvgIpc) is 2.20. The van der Waals surface area contributed by atoms with Crippen LogP contribution in [0.1, 0.15) is 17.9 Å². The van der Waals surface area contributed by atoms with Gasteiger partial charge in [-0.25, -0.2) is 4.39 Å². The van der Waals surface area contributed by atoms with Crippen molar-refractivity contribution in [1.82, 2.24) is 5.32 Å². The Balaban J connectivity index is 0.00000112. The summed E-state index contributed by atoms with van der Waals surface area (Å²) in [5.74, 6) is -0.268. The van der Waals surface area contributed by atoms with Crippen LogP contribution in [0.4, 0.5) is 4.39 Å². The molecule has 1 fully saturated rings. The van der Waals surface area contributed by atoms with Crippen LogP contribution < -0.4 is 5.32 Å². The third-order valence-corrected chi connectivity index (χ3v) is 2.75. The highest BCUT2D eigenvalue weighted by Crippen LogP contribution is 2.27. The van der Waals surface area contributed by atoms with Crippen LogP contribution in [0.15, 0.2) is 24.3 Å². The average molecular weight is 232 g/mol. The van der Waals surface area contributed by atoms with Gasteiger partial charge in [-0.05, 0) is 24.6 Å². The zero-order chi connectivity index (χ0) is 9.97. The summed E-state index contributed by atoms with van der Waals surface area (Å²) >= 11 is 0. The molecule has 0 amide bonds. The highest BCUT2D eigenvalue weighted by molar-refractivity contribution is 5.85. The second-order valence-electron chi connectivity index (χ2n) is 3.69. The van der Waals surface area contributed by atoms with Crippen LogP contribution in [0.2, 0.25) is 0 Å². The molecule has 1 aromatic carbocycles. The van der Waals surface area contributed by atoms with E-state index < -0.39 is 6.10 Å². The van der Waals surface area contributed by atoms with Gasteiger partial charge in [-0.15, -0.1) is 12.4 Å². The van der Waals surface area contributed by atoms with E-state index in [9.17, 15) is 9.50 Å². The first-order chi connectivity index (χ1) is 6.79. The van der Waals surface area contributed by atoms with Crippen LogP contribution in [0.5, 0.6) is 0 Å². The first kappa shape index (κ1) is 12.4. The zero-order valence-corrected chi connectivity index (χ0v) is 9.14. The van der Waals surface area contributed by atoms with Crippen LogP contribution in [0.3, 0.4) is 0 Å². The van der Waals surface area contributed by atoms with Crippen LogP contribution in [0.25, 0.3) is 0 Å². The van der Waals surface area contributed by atoms with Crippen molar-refractivity contribution in [1.29, 1.82) is 0 Å². The molecule has 1 aliphatic rings. The monoisotopic (exact) mass is 231 g/mol. The molecule has 2 atom stereocenters. The van der Waals surface area contributed by atoms with Crippen molar-refractivity contribution in [2.45, 2.75) is 18.4 Å². The molecular formula is C11H15ClFNO. The highest BCUT2D eigenvalue weighted by atomic mass is 35.5. The number of aliphatic hydroxyl groups is 1. The summed E-state index contributed by atoms with van der Waals surface area (Å²) in [5, 5.41) is 12.8. The fourth-order valence-electron chi connectivity index (χ4n) is 1.98. The smallest absolute Gasteiger partial charge is 0.126 e. The Hall–Kier alpha value is -0.640. The molecule has 0 aromatic heterocycles. The van der Waals surface area contributed by atoms with Crippen molar-refractivity contribution >= 4 is 12.4 Å². The molecule has 2 nitrogen and oxygen atoms in total. The summed E-state index contributed by atoms with van der Waals surface area (Å²) in [5.41, 5.74) is 0.640. The number of nitrogens with one attached hydrogen (secondary N) is 1. The van der Waals surface area contributed by atoms with Crippen LogP contribution in [-0.4, -0.2) is 24.3 Å². The van der Waals surface area contributed by atoms with E-state index in [2.05, 4.69) is 5.32 Å². The van der Waals surface area contributed by atoms with E-state index in [0.717, 1.165) is 13.0 Å². The molecule has 1 saturated heterocycles. The van der Waals surface area contributed by atoms with Gasteiger partial charge in [-0.1, -0.05) is 18.2 Å². The Morgan fingerprint density at radius 3 is 2.73 bits per heavy atom. The van der Waals surface area contributed by atoms with Gasteiger partial charge in [0.05, 0.1) is 6.10 Å². The molecule has 2 N–H and O–H groups in total. The molecule has 0 aliphatic carbocycles. The van der Waals surface area contributed by atoms with Gasteiger partial charge in [0.1, 0.15) is 5.82 Å². The third kappa shape index (κ3) is 2.68. The van der Waals surface area contributed by atoms with Gasteiger partial charge in [-0.2, -0.15) is 0 Å². The molecule has 1 aromatic rings. The minimum Gasteiger partial charge on any atom is -0.391 e. The van der Waals surface area contributed by atoms with E-state index in [-0.39, 0.29) is 24.1 Å². The second kappa shape index (κ2) is 5.45. The van der Waals surface area contributed by atoms with Gasteiger partial charge in [0.2, 0.25) is 0 Å². The van der Waals surface area contributed by atoms with Crippen molar-refractivity contribution in [3.05, 3.63) is 35.6 Å². The molecule has 4 heteroatoms. The van der Waals surface area contributed by atoms with E-state index in [1.165, 1.54) is 6.07 Å². The number of β-amino-alcohol motifs (C(OH)–C–C–N with tert-alkyl or cyclic N) is 1. The lowest BCUT2D eigenvalue weighted by atomic mass is 9.87. The summed E-state index contributed by atoms with van der Waals surface area (Å²) in [6.07, 6.45) is 0.322. The highest BCUT2D eigenvalue weighted by Gasteiger charge is 2.26. The van der Waals surface area contributed by atoms with Crippen LogP contribution >= 0.6 is 12.4 Å². The lowest BCUT2D eigenvalue weighted by molar-refractivity contribution is 0.117. The van der Waals surface area contributed by atoms with Gasteiger partial charge in [0.15, 0.2) is 0 Å². The van der Waals surface area contributed by atoms with E-state index in [1.807, 2.05) is 6.07 Å². The predicted octanol–water partition coefficient (Wildman–Crippen LogP) is 1.69. The molecule has 0 spiro atoms. The minimum atomic E-state index is -0.472. The fourth-order valence-corrected chi connectivity index (χ4v) is 1.98. The number of hydrogen-bond acceptors (Lipinski definition) is 2. The molecule has 84 valence electrons. The van der Waals surface area contributed by atoms with Crippen molar-refractivity contribution in [3.63, 3.8) is 0 Å². The Kier molecular flexibility index (Phi) is 4.51. The fraction of sp³-hybridized carbons (Fsp3) is 0.455. The molecule has 2 unspecified atom stereocenters. The van der Waals surface area contributed by atoms with Gasteiger partial charge < -0.3 is 10.4 Å². The van der Waals surface area contributed by atoms with Crippen molar-refractivity contribution in [2.24, 2.45) is 0 Å². The zero-order valence-electron chi connectivity index (χ0n) is 8.32. The maximum atomic E-state index is 13.4. The van der Waals surface area contributed by atoms with Gasteiger partial charge in [0, 0.05) is 12.5 Å². The lowest BCUT2D eigenvalue weighted by Crippen LogP contribution is -2.39. The normalized spacial score (nSPS) is 25.7. The van der Waals surface area contributed by atoms with E-state index in [0.29, 0.717) is 12.1 Å². The molecule has 0 bridgehead atoms. The molecule has 1 heterocycles. The first-order valence-electron chi connectivity index (χ1n) is 4.92. The number of aliphatic hydroxyl groups excluding tert-OH is 1. The summed E-state index contributed by atoms with van der Waals surface area (Å²) in [6.45, 7) is 1.40. The Bertz CT molecular complexity index is 321. The number of benzene rings is 1. The quantitative estimate of drug-likeness (QED) is 0.771. The van der Waals surface area contributed by atoms with E-state index in [1.54, 1.807) is 12.1 Å². The summed E-state index contributed by atoms with van der Waals surface area (Å²) in [7, 11) is 0. The second-order valence-corrected chi connectivity index (χ2v) is 3.69. The topological polar surface area (TPSA) is 32.3 Å². The minimum absolute atomic E-state index is 0. The van der Waals surface area contributed by atoms with Gasteiger partial charge >= 0.3 is 0 Å². The summed E-state index contributed by atoms with van der Waals surface area (Å²) in [6, 6.07) is 6.69. The predicted molar refractivity (Wildman–Crippen MR) is 59.9 cm³/mol. The molecule has 0 radical (unpaired) electrons. The van der Waals surface area contributed by atoms with Crippen molar-refractivity contribution in [2.75, 3.05) is 13.1 Å². The van der Waals surface area contributed by atoms with Gasteiger partial charge in [0.25, 0.3) is 0 Å². The van der Waals surface area contributed by atoms with Crippen LogP contribution in [0, 0.1) is 5.82 Å². The standard InChI is InChI=1S/C11H14FNO.ClH/c12-10-4-2-1-3-8(10)9-5-6-13-7-11(9)14;/h1-4,9,11,13-14H,5-7H2;1H. The maximum absolute atomic E-state index is 13.4. The molecular weight excluding hydrogens is 217 g/mol. The molecule has 2 rings (SSSR count). The number of piperidine rings is 1. The van der Waals surface area contributed by atoms with Crippen molar-refractivity contribution in [3.8, 4) is 0 Å². The number of rotatable bonds is 1. The Morgan fingerprint density at radius 1 is 1.33 bits per heavy atom. The number of hydrogen-bond donors (Lipinski definition) is 2. The lowest BCUT2D eigenvalue weighted by Gasteiger charge is -2.28.